The van der Waals surface area contributed by atoms with Crippen LogP contribution in [0.3, 0.4) is 0 Å². The van der Waals surface area contributed by atoms with Crippen molar-refractivity contribution in [3.8, 4) is 0 Å². The first-order chi connectivity index (χ1) is 10.1. The predicted molar refractivity (Wildman–Crippen MR) is 81.9 cm³/mol. The molecule has 4 nitrogen and oxygen atoms in total. The monoisotopic (exact) mass is 283 g/mol. The van der Waals surface area contributed by atoms with E-state index in [1.54, 1.807) is 6.33 Å². The second-order valence-electron chi connectivity index (χ2n) is 5.84. The largest absolute Gasteiger partial charge is 0.387 e. The molecule has 1 aromatic heterocycles. The first-order valence-corrected chi connectivity index (χ1v) is 7.39. The summed E-state index contributed by atoms with van der Waals surface area (Å²) in [5.41, 5.74) is 5.79. The molecule has 0 fully saturated rings. The van der Waals surface area contributed by atoms with Gasteiger partial charge in [-0.25, -0.2) is 9.97 Å². The van der Waals surface area contributed by atoms with Crippen molar-refractivity contribution in [2.75, 3.05) is 13.1 Å². The summed E-state index contributed by atoms with van der Waals surface area (Å²) in [6, 6.07) is 6.18. The minimum atomic E-state index is -0.451. The maximum absolute atomic E-state index is 10.5. The summed E-state index contributed by atoms with van der Waals surface area (Å²) < 4.78 is 0. The molecule has 21 heavy (non-hydrogen) atoms. The molecule has 0 spiro atoms. The fourth-order valence-corrected chi connectivity index (χ4v) is 2.78. The van der Waals surface area contributed by atoms with Gasteiger partial charge in [-0.15, -0.1) is 0 Å². The number of hydrogen-bond donors (Lipinski definition) is 1. The predicted octanol–water partition coefficient (Wildman–Crippen LogP) is 2.19. The molecule has 1 aromatic carbocycles. The van der Waals surface area contributed by atoms with Crippen LogP contribution in [0.25, 0.3) is 0 Å². The molecule has 110 valence electrons. The van der Waals surface area contributed by atoms with E-state index in [0.717, 1.165) is 30.8 Å². The Morgan fingerprint density at radius 2 is 2.14 bits per heavy atom. The number of aryl methyl sites for hydroxylation is 2. The summed E-state index contributed by atoms with van der Waals surface area (Å²) in [5.74, 6) is 0. The molecule has 4 heteroatoms. The molecule has 0 aliphatic carbocycles. The highest BCUT2D eigenvalue weighted by molar-refractivity contribution is 5.31. The zero-order valence-electron chi connectivity index (χ0n) is 12.6. The van der Waals surface area contributed by atoms with E-state index < -0.39 is 6.10 Å². The smallest absolute Gasteiger partial charge is 0.115 e. The summed E-state index contributed by atoms with van der Waals surface area (Å²) in [6.07, 6.45) is 4.00. The van der Waals surface area contributed by atoms with E-state index in [2.05, 4.69) is 40.8 Å². The van der Waals surface area contributed by atoms with Crippen molar-refractivity contribution < 1.29 is 5.11 Å². The van der Waals surface area contributed by atoms with Gasteiger partial charge >= 0.3 is 0 Å². The van der Waals surface area contributed by atoms with Gasteiger partial charge in [0.1, 0.15) is 6.33 Å². The summed E-state index contributed by atoms with van der Waals surface area (Å²) in [6.45, 7) is 6.56. The maximum Gasteiger partial charge on any atom is 0.115 e. The van der Waals surface area contributed by atoms with Crippen LogP contribution in [-0.2, 0) is 13.0 Å². The van der Waals surface area contributed by atoms with Crippen LogP contribution in [0.1, 0.15) is 34.1 Å². The highest BCUT2D eigenvalue weighted by Crippen LogP contribution is 2.21. The molecule has 0 amide bonds. The van der Waals surface area contributed by atoms with Crippen LogP contribution < -0.4 is 0 Å². The molecule has 1 aliphatic rings. The molecule has 0 radical (unpaired) electrons. The maximum atomic E-state index is 10.5. The van der Waals surface area contributed by atoms with Crippen molar-refractivity contribution in [3.63, 3.8) is 0 Å². The molecule has 1 N–H and O–H groups in total. The van der Waals surface area contributed by atoms with Crippen molar-refractivity contribution in [1.29, 1.82) is 0 Å². The number of aromatic nitrogens is 2. The highest BCUT2D eigenvalue weighted by Gasteiger charge is 2.20. The van der Waals surface area contributed by atoms with Gasteiger partial charge in [0.25, 0.3) is 0 Å². The third-order valence-corrected chi connectivity index (χ3v) is 4.30. The quantitative estimate of drug-likeness (QED) is 0.938. The normalized spacial score (nSPS) is 16.5. The van der Waals surface area contributed by atoms with E-state index in [-0.39, 0.29) is 0 Å². The van der Waals surface area contributed by atoms with E-state index in [9.17, 15) is 5.11 Å². The van der Waals surface area contributed by atoms with E-state index in [0.29, 0.717) is 6.54 Å². The van der Waals surface area contributed by atoms with Gasteiger partial charge in [0.2, 0.25) is 0 Å². The Bertz CT molecular complexity index is 642. The van der Waals surface area contributed by atoms with E-state index in [4.69, 9.17) is 0 Å². The molecule has 1 unspecified atom stereocenters. The van der Waals surface area contributed by atoms with Crippen LogP contribution in [-0.4, -0.2) is 33.1 Å². The van der Waals surface area contributed by atoms with Gasteiger partial charge in [-0.3, -0.25) is 4.90 Å². The zero-order valence-corrected chi connectivity index (χ0v) is 12.6. The van der Waals surface area contributed by atoms with Crippen molar-refractivity contribution >= 4 is 0 Å². The standard InChI is InChI=1S/C17H21N3O/c1-12-3-4-14(7-13(12)2)17(21)10-20-6-5-15-8-18-11-19-16(15)9-20/h3-4,7-8,11,17,21H,5-6,9-10H2,1-2H3. The van der Waals surface area contributed by atoms with Crippen molar-refractivity contribution in [2.24, 2.45) is 0 Å². The van der Waals surface area contributed by atoms with Crippen LogP contribution >= 0.6 is 0 Å². The van der Waals surface area contributed by atoms with Gasteiger partial charge in [0, 0.05) is 25.8 Å². The molecule has 0 saturated carbocycles. The minimum absolute atomic E-state index is 0.451. The summed E-state index contributed by atoms with van der Waals surface area (Å²) in [7, 11) is 0. The fraction of sp³-hybridized carbons (Fsp3) is 0.412. The van der Waals surface area contributed by atoms with Gasteiger partial charge in [-0.1, -0.05) is 18.2 Å². The van der Waals surface area contributed by atoms with Crippen LogP contribution in [0, 0.1) is 13.8 Å². The number of hydrogen-bond acceptors (Lipinski definition) is 4. The molecule has 0 bridgehead atoms. The van der Waals surface area contributed by atoms with Crippen LogP contribution in [0.2, 0.25) is 0 Å². The first kappa shape index (κ1) is 14.2. The van der Waals surface area contributed by atoms with Gasteiger partial charge in [0.15, 0.2) is 0 Å². The Kier molecular flexibility index (Phi) is 3.99. The van der Waals surface area contributed by atoms with E-state index >= 15 is 0 Å². The Hall–Kier alpha value is -1.78. The van der Waals surface area contributed by atoms with Crippen molar-refractivity contribution in [2.45, 2.75) is 32.9 Å². The second-order valence-corrected chi connectivity index (χ2v) is 5.84. The van der Waals surface area contributed by atoms with E-state index in [1.807, 2.05) is 12.3 Å². The average molecular weight is 283 g/mol. The lowest BCUT2D eigenvalue weighted by molar-refractivity contribution is 0.105. The topological polar surface area (TPSA) is 49.2 Å². The van der Waals surface area contributed by atoms with Gasteiger partial charge < -0.3 is 5.11 Å². The lowest BCUT2D eigenvalue weighted by Gasteiger charge is -2.29. The van der Waals surface area contributed by atoms with Crippen molar-refractivity contribution in [3.05, 3.63) is 58.7 Å². The lowest BCUT2D eigenvalue weighted by atomic mass is 10.0. The Morgan fingerprint density at radius 3 is 2.95 bits per heavy atom. The molecule has 2 aromatic rings. The number of aliphatic hydroxyl groups is 1. The number of fused-ring (bicyclic) bond motifs is 1. The highest BCUT2D eigenvalue weighted by atomic mass is 16.3. The third-order valence-electron chi connectivity index (χ3n) is 4.30. The van der Waals surface area contributed by atoms with Gasteiger partial charge in [-0.05, 0) is 42.5 Å². The molecular formula is C17H21N3O. The Morgan fingerprint density at radius 1 is 1.29 bits per heavy atom. The van der Waals surface area contributed by atoms with Crippen molar-refractivity contribution in [1.82, 2.24) is 14.9 Å². The average Bonchev–Trinajstić information content (AvgIpc) is 2.50. The Labute approximate surface area is 125 Å². The number of β-amino-alcohol motifs (C(OH)–C–C–N with tert-alkyl or cyclic N) is 1. The molecule has 3 rings (SSSR count). The number of aliphatic hydroxyl groups excluding tert-OH is 1. The second kappa shape index (κ2) is 5.92. The molecule has 1 aliphatic heterocycles. The molecule has 1 atom stereocenters. The number of nitrogens with zero attached hydrogens (tertiary/aromatic N) is 3. The zero-order chi connectivity index (χ0) is 14.8. The third kappa shape index (κ3) is 3.12. The molecular weight excluding hydrogens is 262 g/mol. The minimum Gasteiger partial charge on any atom is -0.387 e. The summed E-state index contributed by atoms with van der Waals surface area (Å²) in [4.78, 5) is 10.7. The molecule has 2 heterocycles. The first-order valence-electron chi connectivity index (χ1n) is 7.39. The lowest BCUT2D eigenvalue weighted by Crippen LogP contribution is -2.34. The van der Waals surface area contributed by atoms with Crippen LogP contribution in [0.4, 0.5) is 0 Å². The number of benzene rings is 1. The van der Waals surface area contributed by atoms with E-state index in [1.165, 1.54) is 16.7 Å². The van der Waals surface area contributed by atoms with Crippen LogP contribution in [0.15, 0.2) is 30.7 Å². The SMILES string of the molecule is Cc1ccc(C(O)CN2CCc3cncnc3C2)cc1C. The summed E-state index contributed by atoms with van der Waals surface area (Å²) in [5, 5.41) is 10.5. The molecule has 0 saturated heterocycles. The van der Waals surface area contributed by atoms with Gasteiger partial charge in [0.05, 0.1) is 11.8 Å². The Balaban J connectivity index is 1.68. The van der Waals surface area contributed by atoms with Crippen LogP contribution in [0.5, 0.6) is 0 Å². The number of rotatable bonds is 3. The fourth-order valence-electron chi connectivity index (χ4n) is 2.78. The van der Waals surface area contributed by atoms with Gasteiger partial charge in [-0.2, -0.15) is 0 Å². The summed E-state index contributed by atoms with van der Waals surface area (Å²) >= 11 is 0.